The average Bonchev–Trinajstić information content (AvgIpc) is 3.44. The van der Waals surface area contributed by atoms with Crippen LogP contribution in [0, 0.1) is 0 Å². The standard InChI is InChI=1S/C58H107NO18/c1-3-5-7-9-11-13-15-17-18-19-20-21-22-23-24-26-28-30-32-34-36-46(64)59-41(42(63)35-33-31-29-27-25-16-14-12-10-8-6-4-2)40-72-56-52(70)49(67)54(44(38-61)74-56)77-58-53(71)50(68)55(45(39-62)75-58)76-57-51(69)48(66)47(65)43(37-60)73-57/h25,27,33,35,41-45,47-58,60-63,65-71H,3-24,26,28-32,34,36-40H2,1-2H3,(H,59,64)/b27-25+,35-33+. The summed E-state index contributed by atoms with van der Waals surface area (Å²) < 4.78 is 34.2. The summed E-state index contributed by atoms with van der Waals surface area (Å²) in [6.45, 7) is 1.69. The topological polar surface area (TPSA) is 307 Å². The summed E-state index contributed by atoms with van der Waals surface area (Å²) in [5.74, 6) is -0.284. The number of unbranched alkanes of at least 4 members (excludes halogenated alkanes) is 26. The first-order valence-corrected chi connectivity index (χ1v) is 30.1. The van der Waals surface area contributed by atoms with Gasteiger partial charge in [0.2, 0.25) is 5.91 Å². The molecule has 3 aliphatic heterocycles. The van der Waals surface area contributed by atoms with Crippen LogP contribution in [0.2, 0.25) is 0 Å². The molecule has 0 aromatic carbocycles. The molecule has 3 rings (SSSR count). The number of ether oxygens (including phenoxy) is 6. The van der Waals surface area contributed by atoms with Crippen LogP contribution in [0.15, 0.2) is 24.3 Å². The molecule has 1 amide bonds. The van der Waals surface area contributed by atoms with Crippen molar-refractivity contribution in [3.8, 4) is 0 Å². The van der Waals surface area contributed by atoms with E-state index in [4.69, 9.17) is 28.4 Å². The lowest BCUT2D eigenvalue weighted by atomic mass is 9.96. The molecule has 77 heavy (non-hydrogen) atoms. The summed E-state index contributed by atoms with van der Waals surface area (Å²) in [6.07, 6.45) is 16.0. The highest BCUT2D eigenvalue weighted by molar-refractivity contribution is 5.76. The molecule has 0 aliphatic carbocycles. The van der Waals surface area contributed by atoms with Crippen LogP contribution in [0.4, 0.5) is 0 Å². The Labute approximate surface area is 460 Å². The van der Waals surface area contributed by atoms with Crippen molar-refractivity contribution in [1.82, 2.24) is 5.32 Å². The van der Waals surface area contributed by atoms with Gasteiger partial charge in [-0.05, 0) is 32.1 Å². The number of amides is 1. The molecule has 12 N–H and O–H groups in total. The third kappa shape index (κ3) is 26.4. The maximum absolute atomic E-state index is 13.3. The van der Waals surface area contributed by atoms with E-state index in [1.807, 2.05) is 6.08 Å². The number of rotatable bonds is 44. The molecule has 0 aromatic rings. The molecule has 452 valence electrons. The third-order valence-electron chi connectivity index (χ3n) is 15.3. The summed E-state index contributed by atoms with van der Waals surface area (Å²) in [6, 6.07) is -0.984. The number of allylic oxidation sites excluding steroid dienone is 3. The third-order valence-corrected chi connectivity index (χ3v) is 15.3. The first-order valence-electron chi connectivity index (χ1n) is 30.1. The Morgan fingerprint density at radius 3 is 1.30 bits per heavy atom. The van der Waals surface area contributed by atoms with Gasteiger partial charge in [-0.15, -0.1) is 0 Å². The summed E-state index contributed by atoms with van der Waals surface area (Å²) in [5.41, 5.74) is 0. The number of carbonyl (C=O) groups excluding carboxylic acids is 1. The van der Waals surface area contributed by atoms with Gasteiger partial charge in [-0.2, -0.15) is 0 Å². The Kier molecular flexibility index (Phi) is 38.1. The molecular weight excluding hydrogens is 999 g/mol. The maximum Gasteiger partial charge on any atom is 0.220 e. The highest BCUT2D eigenvalue weighted by Crippen LogP contribution is 2.33. The van der Waals surface area contributed by atoms with Crippen molar-refractivity contribution in [2.45, 2.75) is 311 Å². The number of hydrogen-bond acceptors (Lipinski definition) is 18. The second-order valence-corrected chi connectivity index (χ2v) is 21.8. The molecular formula is C58H107NO18. The lowest BCUT2D eigenvalue weighted by Crippen LogP contribution is -2.66. The van der Waals surface area contributed by atoms with E-state index in [2.05, 4.69) is 31.3 Å². The zero-order valence-corrected chi connectivity index (χ0v) is 46.9. The van der Waals surface area contributed by atoms with E-state index in [1.165, 1.54) is 135 Å². The molecule has 0 saturated carbocycles. The van der Waals surface area contributed by atoms with Crippen LogP contribution in [-0.4, -0.2) is 193 Å². The van der Waals surface area contributed by atoms with E-state index in [-0.39, 0.29) is 18.9 Å². The molecule has 0 spiro atoms. The van der Waals surface area contributed by atoms with Gasteiger partial charge in [0.1, 0.15) is 73.2 Å². The van der Waals surface area contributed by atoms with Gasteiger partial charge < -0.3 is 89.9 Å². The van der Waals surface area contributed by atoms with Crippen molar-refractivity contribution in [3.63, 3.8) is 0 Å². The van der Waals surface area contributed by atoms with E-state index in [9.17, 15) is 61.0 Å². The monoisotopic (exact) mass is 1110 g/mol. The van der Waals surface area contributed by atoms with Gasteiger partial charge in [0, 0.05) is 6.42 Å². The molecule has 3 fully saturated rings. The zero-order chi connectivity index (χ0) is 56.2. The smallest absolute Gasteiger partial charge is 0.220 e. The highest BCUT2D eigenvalue weighted by Gasteiger charge is 2.53. The molecule has 0 radical (unpaired) electrons. The Morgan fingerprint density at radius 1 is 0.455 bits per heavy atom. The Bertz CT molecular complexity index is 1510. The van der Waals surface area contributed by atoms with Crippen LogP contribution in [0.5, 0.6) is 0 Å². The van der Waals surface area contributed by atoms with Crippen LogP contribution in [0.25, 0.3) is 0 Å². The fourth-order valence-corrected chi connectivity index (χ4v) is 10.3. The Hall–Kier alpha value is -1.73. The van der Waals surface area contributed by atoms with E-state index >= 15 is 0 Å². The number of hydrogen-bond donors (Lipinski definition) is 12. The van der Waals surface area contributed by atoms with Crippen LogP contribution >= 0.6 is 0 Å². The molecule has 0 bridgehead atoms. The van der Waals surface area contributed by atoms with E-state index in [1.54, 1.807) is 6.08 Å². The largest absolute Gasteiger partial charge is 0.394 e. The van der Waals surface area contributed by atoms with E-state index < -0.39 is 124 Å². The summed E-state index contributed by atoms with van der Waals surface area (Å²) in [4.78, 5) is 13.3. The van der Waals surface area contributed by atoms with Gasteiger partial charge >= 0.3 is 0 Å². The van der Waals surface area contributed by atoms with Crippen LogP contribution < -0.4 is 5.32 Å². The fraction of sp³-hybridized carbons (Fsp3) is 0.914. The molecule has 17 atom stereocenters. The van der Waals surface area contributed by atoms with Crippen LogP contribution in [-0.2, 0) is 33.2 Å². The molecule has 3 heterocycles. The van der Waals surface area contributed by atoms with E-state index in [0.29, 0.717) is 12.8 Å². The molecule has 19 nitrogen and oxygen atoms in total. The van der Waals surface area contributed by atoms with Gasteiger partial charge in [-0.3, -0.25) is 4.79 Å². The summed E-state index contributed by atoms with van der Waals surface area (Å²) in [7, 11) is 0. The number of aliphatic hydroxyl groups excluding tert-OH is 11. The van der Waals surface area contributed by atoms with Crippen molar-refractivity contribution >= 4 is 5.91 Å². The highest BCUT2D eigenvalue weighted by atomic mass is 16.8. The summed E-state index contributed by atoms with van der Waals surface area (Å²) >= 11 is 0. The van der Waals surface area contributed by atoms with Crippen molar-refractivity contribution in [2.75, 3.05) is 26.4 Å². The van der Waals surface area contributed by atoms with Crippen LogP contribution in [0.3, 0.4) is 0 Å². The minimum atomic E-state index is -1.98. The SMILES string of the molecule is CCCCCCCC/C=C/CC/C=C/C(O)C(COC1OC(CO)C(OC2OC(CO)C(OC3OC(CO)C(O)C(O)C3O)C(O)C2O)C(O)C1O)NC(=O)CCCCCCCCCCCCCCCCCCCCCC. The number of nitrogens with one attached hydrogen (secondary N) is 1. The maximum atomic E-state index is 13.3. The first kappa shape index (κ1) is 69.5. The normalized spacial score (nSPS) is 30.8. The minimum Gasteiger partial charge on any atom is -0.394 e. The van der Waals surface area contributed by atoms with Gasteiger partial charge in [-0.25, -0.2) is 0 Å². The number of carbonyl (C=O) groups is 1. The van der Waals surface area contributed by atoms with E-state index in [0.717, 1.165) is 38.5 Å². The Morgan fingerprint density at radius 2 is 0.831 bits per heavy atom. The van der Waals surface area contributed by atoms with Gasteiger partial charge in [0.25, 0.3) is 0 Å². The minimum absolute atomic E-state index is 0.240. The lowest BCUT2D eigenvalue weighted by molar-refractivity contribution is -0.379. The second-order valence-electron chi connectivity index (χ2n) is 21.8. The Balaban J connectivity index is 1.49. The zero-order valence-electron chi connectivity index (χ0n) is 46.9. The van der Waals surface area contributed by atoms with Crippen molar-refractivity contribution in [1.29, 1.82) is 0 Å². The predicted octanol–water partition coefficient (Wildman–Crippen LogP) is 5.15. The fourth-order valence-electron chi connectivity index (χ4n) is 10.3. The quantitative estimate of drug-likeness (QED) is 0.0277. The first-order chi connectivity index (χ1) is 37.3. The van der Waals surface area contributed by atoms with Crippen molar-refractivity contribution in [3.05, 3.63) is 24.3 Å². The lowest BCUT2D eigenvalue weighted by Gasteiger charge is -2.48. The molecule has 17 unspecified atom stereocenters. The van der Waals surface area contributed by atoms with Gasteiger partial charge in [0.15, 0.2) is 18.9 Å². The summed E-state index contributed by atoms with van der Waals surface area (Å²) in [5, 5.41) is 120. The molecule has 0 aromatic heterocycles. The van der Waals surface area contributed by atoms with Crippen molar-refractivity contribution < 1.29 is 89.4 Å². The molecule has 19 heteroatoms. The average molecular weight is 1110 g/mol. The predicted molar refractivity (Wildman–Crippen MR) is 291 cm³/mol. The van der Waals surface area contributed by atoms with Crippen molar-refractivity contribution in [2.24, 2.45) is 0 Å². The van der Waals surface area contributed by atoms with Gasteiger partial charge in [0.05, 0.1) is 38.6 Å². The second kappa shape index (κ2) is 42.1. The van der Waals surface area contributed by atoms with Crippen LogP contribution in [0.1, 0.15) is 206 Å². The van der Waals surface area contributed by atoms with Gasteiger partial charge in [-0.1, -0.05) is 192 Å². The molecule has 3 aliphatic rings. The molecule has 3 saturated heterocycles. The number of aliphatic hydroxyl groups is 11.